The van der Waals surface area contributed by atoms with Crippen LogP contribution >= 0.6 is 0 Å². The zero-order chi connectivity index (χ0) is 33.9. The Kier molecular flexibility index (Phi) is 7.99. The van der Waals surface area contributed by atoms with E-state index in [1.807, 2.05) is 25.2 Å². The normalized spacial score (nSPS) is 17.0. The van der Waals surface area contributed by atoms with Crippen LogP contribution in [0.3, 0.4) is 0 Å². The summed E-state index contributed by atoms with van der Waals surface area (Å²) < 4.78 is 16.3. The number of esters is 1. The summed E-state index contributed by atoms with van der Waals surface area (Å²) in [5.74, 6) is 0.405. The molecule has 0 spiro atoms. The Labute approximate surface area is 279 Å². The first kappa shape index (κ1) is 31.8. The molecule has 0 aromatic carbocycles. The summed E-state index contributed by atoms with van der Waals surface area (Å²) in [6.45, 7) is 9.00. The molecular weight excluding hydrogens is 612 g/mol. The van der Waals surface area contributed by atoms with E-state index >= 15 is 0 Å². The molecule has 252 valence electrons. The van der Waals surface area contributed by atoms with Crippen LogP contribution in [0.1, 0.15) is 53.8 Å². The van der Waals surface area contributed by atoms with Crippen LogP contribution in [0.4, 0.5) is 17.3 Å². The van der Waals surface area contributed by atoms with Crippen molar-refractivity contribution >= 4 is 29.2 Å². The number of aromatic nitrogens is 5. The number of hydrogen-bond acceptors (Lipinski definition) is 9. The van der Waals surface area contributed by atoms with Gasteiger partial charge in [0.1, 0.15) is 23.8 Å². The van der Waals surface area contributed by atoms with Crippen LogP contribution in [0.5, 0.6) is 0 Å². The van der Waals surface area contributed by atoms with Crippen LogP contribution in [-0.2, 0) is 60.9 Å². The molecule has 13 heteroatoms. The second kappa shape index (κ2) is 12.0. The fraction of sp³-hybridized carbons (Fsp3) is 0.457. The Morgan fingerprint density at radius 2 is 1.94 bits per heavy atom. The first-order valence-electron chi connectivity index (χ1n) is 16.3. The first-order valence-corrected chi connectivity index (χ1v) is 16.3. The molecule has 4 aromatic heterocycles. The third-order valence-corrected chi connectivity index (χ3v) is 9.72. The van der Waals surface area contributed by atoms with Crippen LogP contribution in [0.2, 0.25) is 0 Å². The van der Waals surface area contributed by atoms with Gasteiger partial charge in [-0.1, -0.05) is 13.8 Å². The molecule has 0 unspecified atom stereocenters. The third-order valence-electron chi connectivity index (χ3n) is 9.72. The molecule has 1 N–H and O–H groups in total. The largest absolute Gasteiger partial charge is 0.461 e. The number of carbonyl (C=O) groups is 2. The summed E-state index contributed by atoms with van der Waals surface area (Å²) >= 11 is 0. The van der Waals surface area contributed by atoms with Gasteiger partial charge >= 0.3 is 5.97 Å². The lowest BCUT2D eigenvalue weighted by Gasteiger charge is -2.34. The SMILES string of the molecule is CC(=O)OCc1c(-c2cc(Nc3cc(CN(C)C4COC4)n(C)n3)c(=O)n(C)c2)ccnc1N1CCn2c(cc3c2CC(C)(C)C3)C1=O. The van der Waals surface area contributed by atoms with Crippen LogP contribution < -0.4 is 15.8 Å². The van der Waals surface area contributed by atoms with Crippen molar-refractivity contribution in [2.75, 3.05) is 37.0 Å². The summed E-state index contributed by atoms with van der Waals surface area (Å²) in [7, 11) is 5.63. The van der Waals surface area contributed by atoms with E-state index in [1.165, 1.54) is 22.7 Å². The molecule has 0 saturated carbocycles. The van der Waals surface area contributed by atoms with Gasteiger partial charge < -0.3 is 23.9 Å². The van der Waals surface area contributed by atoms with Crippen LogP contribution in [0.15, 0.2) is 41.5 Å². The zero-order valence-corrected chi connectivity index (χ0v) is 28.4. The smallest absolute Gasteiger partial charge is 0.302 e. The highest BCUT2D eigenvalue weighted by atomic mass is 16.5. The second-order valence-corrected chi connectivity index (χ2v) is 14.0. The van der Waals surface area contributed by atoms with Gasteiger partial charge in [-0.2, -0.15) is 5.10 Å². The monoisotopic (exact) mass is 654 g/mol. The van der Waals surface area contributed by atoms with Gasteiger partial charge in [-0.15, -0.1) is 0 Å². The van der Waals surface area contributed by atoms with E-state index in [1.54, 1.807) is 35.1 Å². The van der Waals surface area contributed by atoms with Crippen molar-refractivity contribution in [3.63, 3.8) is 0 Å². The fourth-order valence-corrected chi connectivity index (χ4v) is 7.08. The quantitative estimate of drug-likeness (QED) is 0.270. The number of rotatable bonds is 9. The number of anilines is 3. The van der Waals surface area contributed by atoms with Crippen molar-refractivity contribution < 1.29 is 19.1 Å². The Balaban J connectivity index is 1.22. The number of ether oxygens (including phenoxy) is 2. The lowest BCUT2D eigenvalue weighted by Crippen LogP contribution is -2.46. The second-order valence-electron chi connectivity index (χ2n) is 14.0. The minimum atomic E-state index is -0.446. The van der Waals surface area contributed by atoms with E-state index in [2.05, 4.69) is 45.8 Å². The molecule has 1 amide bonds. The van der Waals surface area contributed by atoms with Crippen LogP contribution in [-0.4, -0.2) is 73.5 Å². The molecule has 2 aliphatic heterocycles. The maximum Gasteiger partial charge on any atom is 0.302 e. The average Bonchev–Trinajstić information content (AvgIpc) is 3.62. The van der Waals surface area contributed by atoms with Crippen LogP contribution in [0.25, 0.3) is 11.1 Å². The highest BCUT2D eigenvalue weighted by Crippen LogP contribution is 2.40. The van der Waals surface area contributed by atoms with Crippen molar-refractivity contribution in [2.45, 2.75) is 59.4 Å². The van der Waals surface area contributed by atoms with Gasteiger partial charge in [0.15, 0.2) is 5.82 Å². The summed E-state index contributed by atoms with van der Waals surface area (Å²) in [5.41, 5.74) is 6.40. The maximum atomic E-state index is 14.0. The van der Waals surface area contributed by atoms with E-state index in [4.69, 9.17) is 9.47 Å². The number of fused-ring (bicyclic) bond motifs is 3. The van der Waals surface area contributed by atoms with E-state index in [0.717, 1.165) is 31.7 Å². The van der Waals surface area contributed by atoms with Crippen molar-refractivity contribution in [3.8, 4) is 11.1 Å². The molecule has 0 atom stereocenters. The molecule has 13 nitrogen and oxygen atoms in total. The Hall–Kier alpha value is -4.75. The van der Waals surface area contributed by atoms with E-state index < -0.39 is 5.97 Å². The first-order chi connectivity index (χ1) is 22.9. The van der Waals surface area contributed by atoms with E-state index in [-0.39, 0.29) is 23.5 Å². The Morgan fingerprint density at radius 1 is 1.15 bits per heavy atom. The maximum absolute atomic E-state index is 14.0. The molecule has 1 aliphatic carbocycles. The minimum absolute atomic E-state index is 0.0852. The molecule has 3 aliphatic rings. The summed E-state index contributed by atoms with van der Waals surface area (Å²) in [6, 6.07) is 7.93. The van der Waals surface area contributed by atoms with Gasteiger partial charge in [-0.05, 0) is 54.6 Å². The van der Waals surface area contributed by atoms with Crippen molar-refractivity contribution in [1.82, 2.24) is 28.8 Å². The average molecular weight is 655 g/mol. The zero-order valence-electron chi connectivity index (χ0n) is 28.4. The molecule has 1 fully saturated rings. The number of nitrogens with one attached hydrogen (secondary N) is 1. The van der Waals surface area contributed by atoms with E-state index in [9.17, 15) is 14.4 Å². The number of pyridine rings is 2. The van der Waals surface area contributed by atoms with Crippen molar-refractivity contribution in [1.29, 1.82) is 0 Å². The highest BCUT2D eigenvalue weighted by Gasteiger charge is 2.37. The summed E-state index contributed by atoms with van der Waals surface area (Å²) in [6.07, 6.45) is 5.27. The predicted octanol–water partition coefficient (Wildman–Crippen LogP) is 3.40. The number of amides is 1. The Bertz CT molecular complexity index is 1980. The number of aryl methyl sites for hydroxylation is 2. The lowest BCUT2D eigenvalue weighted by atomic mass is 9.90. The third kappa shape index (κ3) is 5.81. The number of hydrogen-bond donors (Lipinski definition) is 1. The Morgan fingerprint density at radius 3 is 2.67 bits per heavy atom. The van der Waals surface area contributed by atoms with Gasteiger partial charge in [0.25, 0.3) is 11.5 Å². The molecule has 1 saturated heterocycles. The minimum Gasteiger partial charge on any atom is -0.461 e. The summed E-state index contributed by atoms with van der Waals surface area (Å²) in [4.78, 5) is 48.0. The highest BCUT2D eigenvalue weighted by molar-refractivity contribution is 6.06. The van der Waals surface area contributed by atoms with Gasteiger partial charge in [-0.25, -0.2) is 4.98 Å². The molecule has 7 rings (SSSR count). The van der Waals surface area contributed by atoms with Gasteiger partial charge in [0, 0.05) is 75.9 Å². The van der Waals surface area contributed by atoms with Crippen molar-refractivity contribution in [2.24, 2.45) is 19.5 Å². The van der Waals surface area contributed by atoms with Crippen LogP contribution in [0, 0.1) is 5.41 Å². The van der Waals surface area contributed by atoms with Crippen molar-refractivity contribution in [3.05, 3.63) is 75.2 Å². The lowest BCUT2D eigenvalue weighted by molar-refractivity contribution is -0.142. The summed E-state index contributed by atoms with van der Waals surface area (Å²) in [5, 5.41) is 7.84. The standard InChI is InChI=1S/C35H42N8O5/c1-21(44)48-20-27-26(7-8-36-32(27)43-10-9-42-29(34(43)46)12-22-14-35(2,3)15-30(22)42)23-11-28(33(45)40(5)16-23)37-31-13-24(41(6)38-31)17-39(4)25-18-47-19-25/h7-8,11-13,16,25H,9-10,14-15,17-20H2,1-6H3,(H,37,38). The molecule has 48 heavy (non-hydrogen) atoms. The topological polar surface area (TPSA) is 129 Å². The predicted molar refractivity (Wildman–Crippen MR) is 180 cm³/mol. The number of nitrogens with zero attached hydrogens (tertiary/aromatic N) is 7. The van der Waals surface area contributed by atoms with Gasteiger partial charge in [-0.3, -0.25) is 28.9 Å². The van der Waals surface area contributed by atoms with Gasteiger partial charge in [0.2, 0.25) is 0 Å². The molecule has 0 bridgehead atoms. The van der Waals surface area contributed by atoms with Gasteiger partial charge in [0.05, 0.1) is 24.9 Å². The fourth-order valence-electron chi connectivity index (χ4n) is 7.08. The molecular formula is C35H42N8O5. The number of likely N-dealkylation sites (N-methyl/N-ethyl adjacent to an activating group) is 1. The van der Waals surface area contributed by atoms with E-state index in [0.29, 0.717) is 65.4 Å². The number of carbonyl (C=O) groups excluding carboxylic acids is 2. The molecule has 6 heterocycles. The molecule has 0 radical (unpaired) electrons. The molecule has 4 aromatic rings.